The normalized spacial score (nSPS) is 13.7. The van der Waals surface area contributed by atoms with Crippen molar-refractivity contribution in [2.45, 2.75) is 27.2 Å². The lowest BCUT2D eigenvalue weighted by Gasteiger charge is -2.16. The van der Waals surface area contributed by atoms with E-state index in [2.05, 4.69) is 5.32 Å². The predicted octanol–water partition coefficient (Wildman–Crippen LogP) is 2.54. The van der Waals surface area contributed by atoms with Gasteiger partial charge in [0.05, 0.1) is 5.92 Å². The first-order valence-electron chi connectivity index (χ1n) is 6.08. The molecule has 0 bridgehead atoms. The number of carbonyl (C=O) groups is 2. The highest BCUT2D eigenvalue weighted by Gasteiger charge is 2.25. The van der Waals surface area contributed by atoms with Gasteiger partial charge in [-0.25, -0.2) is 0 Å². The predicted molar refractivity (Wildman–Crippen MR) is 70.4 cm³/mol. The van der Waals surface area contributed by atoms with E-state index in [0.717, 1.165) is 12.0 Å². The molecule has 0 saturated carbocycles. The smallest absolute Gasteiger partial charge is 0.307 e. The van der Waals surface area contributed by atoms with Gasteiger partial charge in [-0.1, -0.05) is 32.9 Å². The quantitative estimate of drug-likeness (QED) is 0.842. The zero-order valence-corrected chi connectivity index (χ0v) is 10.9. The van der Waals surface area contributed by atoms with Crippen LogP contribution in [0.25, 0.3) is 0 Å². The summed E-state index contributed by atoms with van der Waals surface area (Å²) in [6, 6.07) is 7.56. The molecule has 2 N–H and O–H groups in total. The van der Waals surface area contributed by atoms with Crippen LogP contribution in [0.5, 0.6) is 0 Å². The Morgan fingerprint density at radius 3 is 2.50 bits per heavy atom. The minimum Gasteiger partial charge on any atom is -0.481 e. The summed E-state index contributed by atoms with van der Waals surface area (Å²) < 4.78 is 0. The van der Waals surface area contributed by atoms with Crippen molar-refractivity contribution in [3.63, 3.8) is 0 Å². The maximum atomic E-state index is 11.9. The summed E-state index contributed by atoms with van der Waals surface area (Å²) in [6.07, 6.45) is 0.894. The minimum absolute atomic E-state index is 0.266. The second kappa shape index (κ2) is 6.19. The number of hydrogen-bond acceptors (Lipinski definition) is 2. The van der Waals surface area contributed by atoms with Crippen LogP contribution in [-0.4, -0.2) is 17.0 Å². The number of anilines is 1. The number of carboxylic acids is 1. The summed E-state index contributed by atoms with van der Waals surface area (Å²) in [4.78, 5) is 22.7. The number of carbonyl (C=O) groups excluding carboxylic acids is 1. The molecule has 98 valence electrons. The Bertz CT molecular complexity index is 442. The number of carboxylic acid groups (broad SMARTS) is 1. The molecule has 4 nitrogen and oxygen atoms in total. The summed E-state index contributed by atoms with van der Waals surface area (Å²) in [7, 11) is 0. The molecule has 2 unspecified atom stereocenters. The van der Waals surface area contributed by atoms with Crippen LogP contribution in [0.1, 0.15) is 26.3 Å². The van der Waals surface area contributed by atoms with Gasteiger partial charge < -0.3 is 10.4 Å². The largest absolute Gasteiger partial charge is 0.481 e. The molecule has 2 atom stereocenters. The van der Waals surface area contributed by atoms with Gasteiger partial charge >= 0.3 is 5.97 Å². The highest BCUT2D eigenvalue weighted by molar-refractivity contribution is 5.94. The van der Waals surface area contributed by atoms with Crippen molar-refractivity contribution >= 4 is 17.6 Å². The van der Waals surface area contributed by atoms with Crippen molar-refractivity contribution in [2.24, 2.45) is 11.8 Å². The van der Waals surface area contributed by atoms with Crippen LogP contribution in [-0.2, 0) is 16.0 Å². The minimum atomic E-state index is -0.958. The molecule has 0 aliphatic heterocycles. The van der Waals surface area contributed by atoms with Gasteiger partial charge in [0.2, 0.25) is 5.91 Å². The fourth-order valence-corrected chi connectivity index (χ4v) is 1.57. The number of hydrogen-bond donors (Lipinski definition) is 2. The van der Waals surface area contributed by atoms with Gasteiger partial charge in [-0.05, 0) is 24.1 Å². The first-order chi connectivity index (χ1) is 8.45. The van der Waals surface area contributed by atoms with Gasteiger partial charge in [0.25, 0.3) is 0 Å². The Labute approximate surface area is 107 Å². The van der Waals surface area contributed by atoms with Crippen molar-refractivity contribution < 1.29 is 14.7 Å². The van der Waals surface area contributed by atoms with Gasteiger partial charge in [-0.15, -0.1) is 0 Å². The number of benzene rings is 1. The van der Waals surface area contributed by atoms with E-state index >= 15 is 0 Å². The average molecular weight is 249 g/mol. The summed E-state index contributed by atoms with van der Waals surface area (Å²) in [5, 5.41) is 11.6. The van der Waals surface area contributed by atoms with Crippen molar-refractivity contribution in [1.82, 2.24) is 0 Å². The molecule has 0 aliphatic rings. The third-order valence-electron chi connectivity index (χ3n) is 3.16. The Morgan fingerprint density at radius 2 is 1.94 bits per heavy atom. The molecule has 18 heavy (non-hydrogen) atoms. The van der Waals surface area contributed by atoms with Gasteiger partial charge in [0.15, 0.2) is 0 Å². The number of rotatable bonds is 5. The summed E-state index contributed by atoms with van der Waals surface area (Å²) in [6.45, 7) is 5.20. The molecule has 1 aromatic rings. The second-order valence-electron chi connectivity index (χ2n) is 4.46. The Morgan fingerprint density at radius 1 is 1.28 bits per heavy atom. The molecule has 0 saturated heterocycles. The van der Waals surface area contributed by atoms with Crippen LogP contribution in [0, 0.1) is 11.8 Å². The third kappa shape index (κ3) is 3.58. The molecular weight excluding hydrogens is 230 g/mol. The Balaban J connectivity index is 2.72. The molecule has 0 radical (unpaired) electrons. The fraction of sp³-hybridized carbons (Fsp3) is 0.429. The SMILES string of the molecule is CCc1cccc(NC(=O)C(C)C(C)C(=O)O)c1. The van der Waals surface area contributed by atoms with Gasteiger partial charge in [-0.2, -0.15) is 0 Å². The van der Waals surface area contributed by atoms with Crippen LogP contribution < -0.4 is 5.32 Å². The number of nitrogens with one attached hydrogen (secondary N) is 1. The van der Waals surface area contributed by atoms with E-state index in [0.29, 0.717) is 5.69 Å². The lowest BCUT2D eigenvalue weighted by Crippen LogP contribution is -2.29. The highest BCUT2D eigenvalue weighted by atomic mass is 16.4. The first-order valence-corrected chi connectivity index (χ1v) is 6.08. The van der Waals surface area contributed by atoms with Gasteiger partial charge in [0, 0.05) is 11.6 Å². The van der Waals surface area contributed by atoms with Crippen molar-refractivity contribution in [2.75, 3.05) is 5.32 Å². The Kier molecular flexibility index (Phi) is 4.89. The van der Waals surface area contributed by atoms with Crippen LogP contribution in [0.15, 0.2) is 24.3 Å². The van der Waals surface area contributed by atoms with E-state index in [1.54, 1.807) is 13.0 Å². The maximum absolute atomic E-state index is 11.9. The second-order valence-corrected chi connectivity index (χ2v) is 4.46. The lowest BCUT2D eigenvalue weighted by atomic mass is 9.95. The standard InChI is InChI=1S/C14H19NO3/c1-4-11-6-5-7-12(8-11)15-13(16)9(2)10(3)14(17)18/h5-10H,4H2,1-3H3,(H,15,16)(H,17,18). The van der Waals surface area contributed by atoms with Gasteiger partial charge in [0.1, 0.15) is 0 Å². The zero-order chi connectivity index (χ0) is 13.7. The van der Waals surface area contributed by atoms with Crippen molar-refractivity contribution in [3.05, 3.63) is 29.8 Å². The van der Waals surface area contributed by atoms with Crippen LogP contribution >= 0.6 is 0 Å². The van der Waals surface area contributed by atoms with E-state index in [1.807, 2.05) is 25.1 Å². The fourth-order valence-electron chi connectivity index (χ4n) is 1.57. The van der Waals surface area contributed by atoms with Crippen molar-refractivity contribution in [3.8, 4) is 0 Å². The van der Waals surface area contributed by atoms with Crippen LogP contribution in [0.4, 0.5) is 5.69 Å². The number of aliphatic carboxylic acids is 1. The first kappa shape index (κ1) is 14.2. The van der Waals surface area contributed by atoms with E-state index in [1.165, 1.54) is 6.92 Å². The molecule has 0 aliphatic carbocycles. The lowest BCUT2D eigenvalue weighted by molar-refractivity contribution is -0.145. The molecule has 4 heteroatoms. The van der Waals surface area contributed by atoms with E-state index in [4.69, 9.17) is 5.11 Å². The molecule has 1 aromatic carbocycles. The van der Waals surface area contributed by atoms with Crippen LogP contribution in [0.2, 0.25) is 0 Å². The molecular formula is C14H19NO3. The highest BCUT2D eigenvalue weighted by Crippen LogP contribution is 2.16. The third-order valence-corrected chi connectivity index (χ3v) is 3.16. The van der Waals surface area contributed by atoms with Gasteiger partial charge in [-0.3, -0.25) is 9.59 Å². The molecule has 0 fully saturated rings. The van der Waals surface area contributed by atoms with Crippen LogP contribution in [0.3, 0.4) is 0 Å². The molecule has 0 aromatic heterocycles. The molecule has 1 rings (SSSR count). The molecule has 0 spiro atoms. The number of aryl methyl sites for hydroxylation is 1. The molecule has 1 amide bonds. The zero-order valence-electron chi connectivity index (χ0n) is 10.9. The topological polar surface area (TPSA) is 66.4 Å². The number of amides is 1. The van der Waals surface area contributed by atoms with Crippen molar-refractivity contribution in [1.29, 1.82) is 0 Å². The summed E-state index contributed by atoms with van der Waals surface area (Å²) in [5.41, 5.74) is 1.84. The van der Waals surface area contributed by atoms with E-state index < -0.39 is 17.8 Å². The summed E-state index contributed by atoms with van der Waals surface area (Å²) >= 11 is 0. The average Bonchev–Trinajstić information content (AvgIpc) is 2.36. The Hall–Kier alpha value is -1.84. The van der Waals surface area contributed by atoms with E-state index in [-0.39, 0.29) is 5.91 Å². The summed E-state index contributed by atoms with van der Waals surface area (Å²) in [5.74, 6) is -2.48. The van der Waals surface area contributed by atoms with E-state index in [9.17, 15) is 9.59 Å². The molecule has 0 heterocycles. The monoisotopic (exact) mass is 249 g/mol. The maximum Gasteiger partial charge on any atom is 0.307 e.